The molecule has 0 aromatic heterocycles. The molecule has 0 atom stereocenters. The van der Waals surface area contributed by atoms with Crippen LogP contribution in [0.2, 0.25) is 5.02 Å². The van der Waals surface area contributed by atoms with Crippen LogP contribution in [0.1, 0.15) is 24.8 Å². The third kappa shape index (κ3) is 4.74. The van der Waals surface area contributed by atoms with Crippen LogP contribution in [-0.2, 0) is 0 Å². The molecule has 1 aromatic rings. The SMILES string of the molecule is COc1cc(Cl)ccc1/C=C/CCCCI. The minimum Gasteiger partial charge on any atom is -0.496 e. The molecule has 0 N–H and O–H groups in total. The van der Waals surface area contributed by atoms with Gasteiger partial charge in [-0.3, -0.25) is 0 Å². The minimum atomic E-state index is 0.707. The second kappa shape index (κ2) is 7.96. The largest absolute Gasteiger partial charge is 0.496 e. The molecule has 0 aliphatic carbocycles. The summed E-state index contributed by atoms with van der Waals surface area (Å²) in [5.74, 6) is 0.831. The van der Waals surface area contributed by atoms with Crippen molar-refractivity contribution < 1.29 is 4.74 Å². The van der Waals surface area contributed by atoms with E-state index in [-0.39, 0.29) is 0 Å². The van der Waals surface area contributed by atoms with Crippen LogP contribution in [0.5, 0.6) is 5.75 Å². The second-order valence-corrected chi connectivity index (χ2v) is 4.99. The van der Waals surface area contributed by atoms with Gasteiger partial charge in [0.25, 0.3) is 0 Å². The van der Waals surface area contributed by atoms with Gasteiger partial charge in [0, 0.05) is 10.6 Å². The molecular weight excluding hydrogens is 334 g/mol. The molecule has 0 saturated carbocycles. The van der Waals surface area contributed by atoms with E-state index in [2.05, 4.69) is 34.7 Å². The van der Waals surface area contributed by atoms with Gasteiger partial charge in [0.05, 0.1) is 7.11 Å². The monoisotopic (exact) mass is 350 g/mol. The van der Waals surface area contributed by atoms with E-state index < -0.39 is 0 Å². The maximum absolute atomic E-state index is 5.89. The predicted octanol–water partition coefficient (Wildman–Crippen LogP) is 4.97. The molecule has 3 heteroatoms. The lowest BCUT2D eigenvalue weighted by molar-refractivity contribution is 0.414. The van der Waals surface area contributed by atoms with Crippen LogP contribution in [0.4, 0.5) is 0 Å². The number of hydrogen-bond acceptors (Lipinski definition) is 1. The lowest BCUT2D eigenvalue weighted by Crippen LogP contribution is -1.86. The van der Waals surface area contributed by atoms with Gasteiger partial charge >= 0.3 is 0 Å². The molecule has 0 spiro atoms. The smallest absolute Gasteiger partial charge is 0.127 e. The van der Waals surface area contributed by atoms with Crippen molar-refractivity contribution >= 4 is 40.3 Å². The Kier molecular flexibility index (Phi) is 6.88. The van der Waals surface area contributed by atoms with Crippen LogP contribution in [0.15, 0.2) is 24.3 Å². The zero-order valence-electron chi connectivity index (χ0n) is 9.38. The molecule has 1 rings (SSSR count). The van der Waals surface area contributed by atoms with Gasteiger partial charge in [0.2, 0.25) is 0 Å². The fourth-order valence-corrected chi connectivity index (χ4v) is 2.09. The molecule has 1 aromatic carbocycles. The van der Waals surface area contributed by atoms with Crippen LogP contribution in [0.3, 0.4) is 0 Å². The van der Waals surface area contributed by atoms with Gasteiger partial charge in [-0.05, 0) is 41.9 Å². The first-order valence-electron chi connectivity index (χ1n) is 5.34. The molecule has 0 saturated heterocycles. The molecule has 0 heterocycles. The summed E-state index contributed by atoms with van der Waals surface area (Å²) in [4.78, 5) is 0. The minimum absolute atomic E-state index is 0.707. The van der Waals surface area contributed by atoms with Crippen molar-refractivity contribution in [2.45, 2.75) is 19.3 Å². The number of allylic oxidation sites excluding steroid dienone is 1. The highest BCUT2D eigenvalue weighted by Crippen LogP contribution is 2.24. The Hall–Kier alpha value is -0.220. The Bertz CT molecular complexity index is 350. The van der Waals surface area contributed by atoms with Gasteiger partial charge < -0.3 is 4.74 Å². The fraction of sp³-hybridized carbons (Fsp3) is 0.385. The van der Waals surface area contributed by atoms with Crippen LogP contribution in [0.25, 0.3) is 6.08 Å². The average molecular weight is 351 g/mol. The van der Waals surface area contributed by atoms with Gasteiger partial charge in [-0.15, -0.1) is 0 Å². The molecule has 0 unspecified atom stereocenters. The zero-order chi connectivity index (χ0) is 11.8. The van der Waals surface area contributed by atoms with E-state index >= 15 is 0 Å². The Balaban J connectivity index is 2.58. The third-order valence-electron chi connectivity index (χ3n) is 2.25. The maximum atomic E-state index is 5.89. The molecule has 0 amide bonds. The van der Waals surface area contributed by atoms with Crippen LogP contribution < -0.4 is 4.74 Å². The summed E-state index contributed by atoms with van der Waals surface area (Å²) in [6.45, 7) is 0. The number of benzene rings is 1. The van der Waals surface area contributed by atoms with Gasteiger partial charge in [0.1, 0.15) is 5.75 Å². The molecule has 0 bridgehead atoms. The summed E-state index contributed by atoms with van der Waals surface area (Å²) >= 11 is 8.30. The van der Waals surface area contributed by atoms with Crippen LogP contribution >= 0.6 is 34.2 Å². The molecule has 0 radical (unpaired) electrons. The summed E-state index contributed by atoms with van der Waals surface area (Å²) in [5.41, 5.74) is 1.08. The Morgan fingerprint density at radius 1 is 1.38 bits per heavy atom. The van der Waals surface area contributed by atoms with Crippen molar-refractivity contribution in [3.05, 3.63) is 34.9 Å². The van der Waals surface area contributed by atoms with Crippen molar-refractivity contribution in [2.75, 3.05) is 11.5 Å². The highest BCUT2D eigenvalue weighted by Gasteiger charge is 1.99. The number of unbranched alkanes of at least 4 members (excludes halogenated alkanes) is 2. The van der Waals surface area contributed by atoms with E-state index in [4.69, 9.17) is 16.3 Å². The lowest BCUT2D eigenvalue weighted by atomic mass is 10.1. The van der Waals surface area contributed by atoms with Gasteiger partial charge in [0.15, 0.2) is 0 Å². The normalized spacial score (nSPS) is 10.9. The predicted molar refractivity (Wildman–Crippen MR) is 79.8 cm³/mol. The molecule has 0 aliphatic rings. The summed E-state index contributed by atoms with van der Waals surface area (Å²) in [5, 5.41) is 0.707. The topological polar surface area (TPSA) is 9.23 Å². The summed E-state index contributed by atoms with van der Waals surface area (Å²) in [6, 6.07) is 5.70. The summed E-state index contributed by atoms with van der Waals surface area (Å²) in [7, 11) is 1.67. The molecular formula is C13H16ClIO. The van der Waals surface area contributed by atoms with Crippen molar-refractivity contribution in [3.8, 4) is 5.75 Å². The lowest BCUT2D eigenvalue weighted by Gasteiger charge is -2.04. The summed E-state index contributed by atoms with van der Waals surface area (Å²) in [6.07, 6.45) is 7.94. The van der Waals surface area contributed by atoms with Crippen molar-refractivity contribution in [2.24, 2.45) is 0 Å². The van der Waals surface area contributed by atoms with Crippen molar-refractivity contribution in [1.29, 1.82) is 0 Å². The van der Waals surface area contributed by atoms with Gasteiger partial charge in [-0.25, -0.2) is 0 Å². The summed E-state index contributed by atoms with van der Waals surface area (Å²) < 4.78 is 6.50. The van der Waals surface area contributed by atoms with Gasteiger partial charge in [-0.2, -0.15) is 0 Å². The first-order chi connectivity index (χ1) is 7.77. The fourth-order valence-electron chi connectivity index (χ4n) is 1.39. The van der Waals surface area contributed by atoms with E-state index in [9.17, 15) is 0 Å². The standard InChI is InChI=1S/C13H16ClIO/c1-16-13-10-12(14)8-7-11(13)6-4-2-3-5-9-15/h4,6-8,10H,2-3,5,9H2,1H3/b6-4+. The van der Waals surface area contributed by atoms with E-state index in [1.807, 2.05) is 18.2 Å². The van der Waals surface area contributed by atoms with Crippen molar-refractivity contribution in [1.82, 2.24) is 0 Å². The quantitative estimate of drug-likeness (QED) is 0.400. The number of rotatable bonds is 6. The van der Waals surface area contributed by atoms with E-state index in [0.717, 1.165) is 17.7 Å². The van der Waals surface area contributed by atoms with Crippen LogP contribution in [0, 0.1) is 0 Å². The van der Waals surface area contributed by atoms with E-state index in [0.29, 0.717) is 5.02 Å². The molecule has 88 valence electrons. The van der Waals surface area contributed by atoms with Gasteiger partial charge in [-0.1, -0.05) is 46.3 Å². The molecule has 1 nitrogen and oxygen atoms in total. The second-order valence-electron chi connectivity index (χ2n) is 3.47. The van der Waals surface area contributed by atoms with Crippen molar-refractivity contribution in [3.63, 3.8) is 0 Å². The third-order valence-corrected chi connectivity index (χ3v) is 3.25. The van der Waals surface area contributed by atoms with E-state index in [1.165, 1.54) is 17.3 Å². The number of hydrogen-bond donors (Lipinski definition) is 0. The van der Waals surface area contributed by atoms with E-state index in [1.54, 1.807) is 7.11 Å². The highest BCUT2D eigenvalue weighted by atomic mass is 127. The number of ether oxygens (including phenoxy) is 1. The Labute approximate surface area is 116 Å². The number of halogens is 2. The van der Waals surface area contributed by atoms with Crippen LogP contribution in [-0.4, -0.2) is 11.5 Å². The molecule has 0 fully saturated rings. The molecule has 16 heavy (non-hydrogen) atoms. The average Bonchev–Trinajstić information content (AvgIpc) is 2.30. The first kappa shape index (κ1) is 13.8. The maximum Gasteiger partial charge on any atom is 0.127 e. The number of alkyl halides is 1. The first-order valence-corrected chi connectivity index (χ1v) is 7.24. The Morgan fingerprint density at radius 2 is 2.19 bits per heavy atom. The number of methoxy groups -OCH3 is 1. The zero-order valence-corrected chi connectivity index (χ0v) is 12.3. The Morgan fingerprint density at radius 3 is 2.88 bits per heavy atom. The highest BCUT2D eigenvalue weighted by molar-refractivity contribution is 14.1. The molecule has 0 aliphatic heterocycles.